The Kier molecular flexibility index (Phi) is 3.09. The van der Waals surface area contributed by atoms with Gasteiger partial charge < -0.3 is 0 Å². The van der Waals surface area contributed by atoms with Gasteiger partial charge in [-0.1, -0.05) is 40.1 Å². The Morgan fingerprint density at radius 2 is 1.33 bits per heavy atom. The van der Waals surface area contributed by atoms with Gasteiger partial charge >= 0.3 is 0 Å². The van der Waals surface area contributed by atoms with Gasteiger partial charge in [-0.25, -0.2) is 0 Å². The van der Waals surface area contributed by atoms with E-state index >= 15 is 0 Å². The Hall–Kier alpha value is -0.130. The lowest BCUT2D eigenvalue weighted by molar-refractivity contribution is 1.10. The number of hydrogen-bond donors (Lipinski definition) is 0. The van der Waals surface area contributed by atoms with Crippen molar-refractivity contribution in [2.75, 3.05) is 0 Å². The highest BCUT2D eigenvalue weighted by molar-refractivity contribution is 6.91. The van der Waals surface area contributed by atoms with E-state index in [1.165, 1.54) is 12.8 Å². The summed E-state index contributed by atoms with van der Waals surface area (Å²) in [5.74, 6) is 0. The zero-order chi connectivity index (χ0) is 9.30. The maximum absolute atomic E-state index is 2.40. The summed E-state index contributed by atoms with van der Waals surface area (Å²) in [5.41, 5.74) is 4.37. The lowest BCUT2D eigenvalue weighted by Crippen LogP contribution is -2.20. The minimum absolute atomic E-state index is 0.833. The van der Waals surface area contributed by atoms with E-state index in [-0.39, 0.29) is 0 Å². The molecule has 66 valence electrons. The number of hydrogen-bond acceptors (Lipinski definition) is 0. The quantitative estimate of drug-likeness (QED) is 0.545. The van der Waals surface area contributed by atoms with Crippen LogP contribution in [0.15, 0.2) is 10.9 Å². The lowest BCUT2D eigenvalue weighted by atomic mass is 9.27. The molecule has 0 saturated carbocycles. The van der Waals surface area contributed by atoms with Crippen LogP contribution in [0.1, 0.15) is 33.6 Å². The van der Waals surface area contributed by atoms with Crippen LogP contribution >= 0.6 is 0 Å². The molecule has 0 fully saturated rings. The van der Waals surface area contributed by atoms with E-state index in [0.29, 0.717) is 0 Å². The molecule has 1 aliphatic heterocycles. The first-order valence-electron chi connectivity index (χ1n) is 5.35. The summed E-state index contributed by atoms with van der Waals surface area (Å²) in [6, 6.07) is 0. The molecular formula is C10H20B2. The molecule has 0 nitrogen and oxygen atoms in total. The second-order valence-corrected chi connectivity index (χ2v) is 4.19. The molecule has 0 aromatic carbocycles. The highest BCUT2D eigenvalue weighted by Gasteiger charge is 2.36. The summed E-state index contributed by atoms with van der Waals surface area (Å²) in [6.07, 6.45) is 2.53. The van der Waals surface area contributed by atoms with Crippen molar-refractivity contribution < 1.29 is 0 Å². The van der Waals surface area contributed by atoms with E-state index < -0.39 is 0 Å². The van der Waals surface area contributed by atoms with E-state index in [1.807, 2.05) is 0 Å². The summed E-state index contributed by atoms with van der Waals surface area (Å²) >= 11 is 0. The van der Waals surface area contributed by atoms with Crippen LogP contribution in [-0.2, 0) is 0 Å². The van der Waals surface area contributed by atoms with Crippen molar-refractivity contribution in [3.8, 4) is 0 Å². The van der Waals surface area contributed by atoms with Gasteiger partial charge in [-0.15, -0.1) is 10.9 Å². The fourth-order valence-corrected chi connectivity index (χ4v) is 2.75. The van der Waals surface area contributed by atoms with Crippen molar-refractivity contribution in [3.05, 3.63) is 10.9 Å². The van der Waals surface area contributed by atoms with Gasteiger partial charge in [0.1, 0.15) is 0 Å². The summed E-state index contributed by atoms with van der Waals surface area (Å²) in [6.45, 7) is 13.4. The van der Waals surface area contributed by atoms with Crippen LogP contribution in [0.25, 0.3) is 0 Å². The number of rotatable bonds is 2. The minimum Gasteiger partial charge on any atom is -0.111 e. The molecule has 0 atom stereocenters. The van der Waals surface area contributed by atoms with Crippen LogP contribution in [0.3, 0.4) is 0 Å². The average Bonchev–Trinajstić information content (AvgIpc) is 2.29. The SMILES string of the molecule is CCC1=C(CC)B(C)C(C)B1C. The molecule has 0 aromatic heterocycles. The maximum atomic E-state index is 2.40. The number of allylic oxidation sites excluding steroid dienone is 2. The molecule has 1 aliphatic rings. The molecule has 0 bridgehead atoms. The van der Waals surface area contributed by atoms with E-state index in [4.69, 9.17) is 0 Å². The van der Waals surface area contributed by atoms with Crippen LogP contribution in [0.4, 0.5) is 0 Å². The van der Waals surface area contributed by atoms with Gasteiger partial charge in [0.25, 0.3) is 0 Å². The first-order valence-corrected chi connectivity index (χ1v) is 5.35. The Morgan fingerprint density at radius 1 is 1.00 bits per heavy atom. The van der Waals surface area contributed by atoms with E-state index in [0.717, 1.165) is 19.1 Å². The lowest BCUT2D eigenvalue weighted by Gasteiger charge is -2.11. The van der Waals surface area contributed by atoms with Gasteiger partial charge in [0.05, 0.1) is 0 Å². The van der Waals surface area contributed by atoms with Gasteiger partial charge in [0.15, 0.2) is 13.4 Å². The monoisotopic (exact) mass is 162 g/mol. The highest BCUT2D eigenvalue weighted by Crippen LogP contribution is 2.36. The summed E-state index contributed by atoms with van der Waals surface area (Å²) < 4.78 is 0. The predicted octanol–water partition coefficient (Wildman–Crippen LogP) is 3.37. The van der Waals surface area contributed by atoms with E-state index in [9.17, 15) is 0 Å². The van der Waals surface area contributed by atoms with Crippen LogP contribution < -0.4 is 0 Å². The van der Waals surface area contributed by atoms with Gasteiger partial charge in [0, 0.05) is 0 Å². The fourth-order valence-electron chi connectivity index (χ4n) is 2.75. The average molecular weight is 162 g/mol. The molecule has 0 unspecified atom stereocenters. The molecule has 0 saturated heterocycles. The molecule has 2 heteroatoms. The van der Waals surface area contributed by atoms with Crippen molar-refractivity contribution in [1.29, 1.82) is 0 Å². The zero-order valence-electron chi connectivity index (χ0n) is 9.15. The summed E-state index contributed by atoms with van der Waals surface area (Å²) in [4.78, 5) is 0. The Labute approximate surface area is 78.0 Å². The Bertz CT molecular complexity index is 176. The first-order chi connectivity index (χ1) is 5.63. The molecule has 0 aromatic rings. The molecule has 0 N–H and O–H groups in total. The Balaban J connectivity index is 2.93. The molecular weight excluding hydrogens is 142 g/mol. The fraction of sp³-hybridized carbons (Fsp3) is 0.800. The summed E-state index contributed by atoms with van der Waals surface area (Å²) in [7, 11) is 0. The third kappa shape index (κ3) is 1.36. The topological polar surface area (TPSA) is 0 Å². The van der Waals surface area contributed by atoms with E-state index in [2.05, 4.69) is 34.4 Å². The van der Waals surface area contributed by atoms with Crippen molar-refractivity contribution in [1.82, 2.24) is 0 Å². The third-order valence-corrected chi connectivity index (χ3v) is 3.85. The van der Waals surface area contributed by atoms with Crippen molar-refractivity contribution in [2.45, 2.75) is 53.0 Å². The molecule has 0 amide bonds. The van der Waals surface area contributed by atoms with Crippen LogP contribution in [0.5, 0.6) is 0 Å². The first kappa shape index (κ1) is 9.95. The highest BCUT2D eigenvalue weighted by atomic mass is 14.1. The molecule has 0 spiro atoms. The zero-order valence-corrected chi connectivity index (χ0v) is 9.15. The largest absolute Gasteiger partial charge is 0.162 e. The molecule has 0 aliphatic carbocycles. The van der Waals surface area contributed by atoms with E-state index in [1.54, 1.807) is 10.9 Å². The van der Waals surface area contributed by atoms with Crippen LogP contribution in [0.2, 0.25) is 19.4 Å². The Morgan fingerprint density at radius 3 is 1.58 bits per heavy atom. The molecule has 12 heavy (non-hydrogen) atoms. The van der Waals surface area contributed by atoms with Gasteiger partial charge in [0.2, 0.25) is 0 Å². The van der Waals surface area contributed by atoms with Crippen molar-refractivity contribution in [3.63, 3.8) is 0 Å². The predicted molar refractivity (Wildman–Crippen MR) is 60.3 cm³/mol. The molecule has 1 heterocycles. The van der Waals surface area contributed by atoms with Crippen molar-refractivity contribution >= 4 is 13.4 Å². The minimum atomic E-state index is 0.833. The molecule has 1 rings (SSSR count). The van der Waals surface area contributed by atoms with Crippen LogP contribution in [0, 0.1) is 0 Å². The van der Waals surface area contributed by atoms with Gasteiger partial charge in [-0.2, -0.15) is 0 Å². The third-order valence-electron chi connectivity index (χ3n) is 3.85. The van der Waals surface area contributed by atoms with Crippen molar-refractivity contribution in [2.24, 2.45) is 0 Å². The molecule has 0 radical (unpaired) electrons. The second kappa shape index (κ2) is 3.72. The maximum Gasteiger partial charge on any atom is 0.162 e. The summed E-state index contributed by atoms with van der Waals surface area (Å²) in [5, 5.41) is 0. The van der Waals surface area contributed by atoms with Crippen LogP contribution in [-0.4, -0.2) is 13.4 Å². The smallest absolute Gasteiger partial charge is 0.111 e. The van der Waals surface area contributed by atoms with Gasteiger partial charge in [-0.3, -0.25) is 0 Å². The normalized spacial score (nSPS) is 19.8. The standard InChI is InChI=1S/C10H20B2/c1-6-9-10(7-2)12(5)8(3)11(9)4/h8H,6-7H2,1-5H3. The van der Waals surface area contributed by atoms with Gasteiger partial charge in [-0.05, 0) is 12.8 Å². The second-order valence-electron chi connectivity index (χ2n) is 4.19.